The zero-order valence-corrected chi connectivity index (χ0v) is 22.5. The molecular formula is C28H21F8N5O3. The molecule has 0 saturated carbocycles. The number of nitrogens with zero attached hydrogens (tertiary/aromatic N) is 4. The van der Waals surface area contributed by atoms with Crippen LogP contribution in [0.4, 0.5) is 40.8 Å². The number of halogens is 8. The molecule has 1 atom stereocenters. The monoisotopic (exact) mass is 627 g/mol. The van der Waals surface area contributed by atoms with Gasteiger partial charge >= 0.3 is 12.4 Å². The maximum absolute atomic E-state index is 14.5. The Labute approximate surface area is 243 Å². The van der Waals surface area contributed by atoms with E-state index in [-0.39, 0.29) is 18.5 Å². The van der Waals surface area contributed by atoms with Crippen molar-refractivity contribution in [1.82, 2.24) is 20.0 Å². The Kier molecular flexibility index (Phi) is 7.60. The smallest absolute Gasteiger partial charge is 0.433 e. The first-order valence-corrected chi connectivity index (χ1v) is 12.9. The van der Waals surface area contributed by atoms with Crippen LogP contribution in [-0.4, -0.2) is 49.0 Å². The maximum Gasteiger partial charge on any atom is 0.433 e. The number of hydrogen-bond donors (Lipinski definition) is 2. The molecule has 0 unspecified atom stereocenters. The zero-order chi connectivity index (χ0) is 32.2. The normalized spacial score (nSPS) is 19.4. The number of aromatic nitrogens is 2. The number of fused-ring (bicyclic) bond motifs is 1. The lowest BCUT2D eigenvalue weighted by molar-refractivity contribution is -0.160. The first kappa shape index (κ1) is 30.8. The summed E-state index contributed by atoms with van der Waals surface area (Å²) in [6.07, 6.45) is -8.70. The van der Waals surface area contributed by atoms with Crippen LogP contribution in [0.15, 0.2) is 60.1 Å². The van der Waals surface area contributed by atoms with E-state index in [2.05, 4.69) is 15.3 Å². The van der Waals surface area contributed by atoms with Crippen molar-refractivity contribution in [2.75, 3.05) is 11.9 Å². The number of aliphatic hydroxyl groups excluding tert-OH is 1. The van der Waals surface area contributed by atoms with Gasteiger partial charge in [-0.15, -0.1) is 0 Å². The number of anilines is 1. The predicted molar refractivity (Wildman–Crippen MR) is 137 cm³/mol. The molecule has 2 aromatic carbocycles. The van der Waals surface area contributed by atoms with E-state index in [9.17, 15) is 49.8 Å². The third-order valence-corrected chi connectivity index (χ3v) is 7.48. The van der Waals surface area contributed by atoms with Gasteiger partial charge in [-0.05, 0) is 50.1 Å². The van der Waals surface area contributed by atoms with E-state index in [0.29, 0.717) is 37.0 Å². The molecular weight excluding hydrogens is 606 g/mol. The van der Waals surface area contributed by atoms with Crippen molar-refractivity contribution in [2.45, 2.75) is 44.2 Å². The third-order valence-electron chi connectivity index (χ3n) is 7.48. The highest BCUT2D eigenvalue weighted by Crippen LogP contribution is 2.43. The number of alkyl halides is 6. The standard InChI is InChI=1S/C28H21F8N5O3/c1-26-7-2-8-41(26)40(12-14-3-5-16(29)10-18(14)30)25(44)22(23(26)42)24(43)39-19-6-4-15(27(31,32)33)9-17(19)20-11-21(28(34,35)36)38-13-37-20/h3-6,9-11,13,42H,2,7-8,12H2,1H3,(H,39,43)/t26-/m1/s1. The fourth-order valence-corrected chi connectivity index (χ4v) is 5.24. The lowest BCUT2D eigenvalue weighted by atomic mass is 9.90. The van der Waals surface area contributed by atoms with Crippen LogP contribution in [0.1, 0.15) is 36.6 Å². The van der Waals surface area contributed by atoms with Crippen molar-refractivity contribution < 1.29 is 49.8 Å². The molecule has 3 heterocycles. The molecule has 0 radical (unpaired) electrons. The van der Waals surface area contributed by atoms with Crippen molar-refractivity contribution in [1.29, 1.82) is 0 Å². The number of rotatable bonds is 5. The average molecular weight is 627 g/mol. The molecule has 0 bridgehead atoms. The number of carbonyl (C=O) groups excluding carboxylic acids is 2. The van der Waals surface area contributed by atoms with Crippen molar-refractivity contribution in [3.63, 3.8) is 0 Å². The number of carbonyl (C=O) groups is 2. The third kappa shape index (κ3) is 5.56. The molecule has 2 aliphatic rings. The fourth-order valence-electron chi connectivity index (χ4n) is 5.24. The average Bonchev–Trinajstić information content (AvgIpc) is 3.34. The van der Waals surface area contributed by atoms with E-state index in [1.165, 1.54) is 11.9 Å². The van der Waals surface area contributed by atoms with Crippen LogP contribution < -0.4 is 5.32 Å². The molecule has 2 aliphatic heterocycles. The van der Waals surface area contributed by atoms with Crippen LogP contribution in [0.25, 0.3) is 11.3 Å². The van der Waals surface area contributed by atoms with Crippen LogP contribution in [0.3, 0.4) is 0 Å². The molecule has 0 aliphatic carbocycles. The lowest BCUT2D eigenvalue weighted by Gasteiger charge is -2.46. The molecule has 1 fully saturated rings. The van der Waals surface area contributed by atoms with Crippen LogP contribution in [0.5, 0.6) is 0 Å². The second-order valence-electron chi connectivity index (χ2n) is 10.3. The Hall–Kier alpha value is -4.60. The Balaban J connectivity index is 1.56. The van der Waals surface area contributed by atoms with E-state index < -0.39 is 87.4 Å². The summed E-state index contributed by atoms with van der Waals surface area (Å²) in [5.41, 5.74) is -6.64. The second-order valence-corrected chi connectivity index (χ2v) is 10.3. The molecule has 2 amide bonds. The van der Waals surface area contributed by atoms with E-state index in [1.54, 1.807) is 0 Å². The van der Waals surface area contributed by atoms with Crippen LogP contribution in [0.2, 0.25) is 0 Å². The Bertz CT molecular complexity index is 1690. The zero-order valence-electron chi connectivity index (χ0n) is 22.5. The lowest BCUT2D eigenvalue weighted by Crippen LogP contribution is -2.60. The van der Waals surface area contributed by atoms with E-state index in [4.69, 9.17) is 0 Å². The largest absolute Gasteiger partial charge is 0.509 e. The van der Waals surface area contributed by atoms with Crippen molar-refractivity contribution in [3.8, 4) is 11.3 Å². The molecule has 5 rings (SSSR count). The van der Waals surface area contributed by atoms with E-state index >= 15 is 0 Å². The number of nitrogens with one attached hydrogen (secondary N) is 1. The van der Waals surface area contributed by atoms with Gasteiger partial charge in [0.2, 0.25) is 0 Å². The predicted octanol–water partition coefficient (Wildman–Crippen LogP) is 6.02. The van der Waals surface area contributed by atoms with Gasteiger partial charge in [0, 0.05) is 23.7 Å². The molecule has 44 heavy (non-hydrogen) atoms. The summed E-state index contributed by atoms with van der Waals surface area (Å²) in [5, 5.41) is 15.8. The van der Waals surface area contributed by atoms with Gasteiger partial charge in [-0.2, -0.15) is 26.3 Å². The quantitative estimate of drug-likeness (QED) is 0.265. The second kappa shape index (κ2) is 10.8. The first-order valence-electron chi connectivity index (χ1n) is 12.9. The highest BCUT2D eigenvalue weighted by Gasteiger charge is 2.52. The molecule has 0 spiro atoms. The highest BCUT2D eigenvalue weighted by molar-refractivity contribution is 6.24. The van der Waals surface area contributed by atoms with Crippen molar-refractivity contribution in [2.24, 2.45) is 0 Å². The molecule has 2 N–H and O–H groups in total. The topological polar surface area (TPSA) is 98.7 Å². The first-order chi connectivity index (χ1) is 20.5. The number of aliphatic hydroxyl groups is 1. The SMILES string of the molecule is C[C@]12CCCN1N(Cc1ccc(F)cc1F)C(=O)C(C(=O)Nc1ccc(C(F)(F)F)cc1-c1cc(C(F)(F)F)ncn1)=C2O. The van der Waals surface area contributed by atoms with Crippen molar-refractivity contribution in [3.05, 3.63) is 88.6 Å². The minimum Gasteiger partial charge on any atom is -0.509 e. The summed E-state index contributed by atoms with van der Waals surface area (Å²) in [7, 11) is 0. The summed E-state index contributed by atoms with van der Waals surface area (Å²) >= 11 is 0. The summed E-state index contributed by atoms with van der Waals surface area (Å²) < 4.78 is 109. The fraction of sp³-hybridized carbons (Fsp3) is 0.286. The van der Waals surface area contributed by atoms with Gasteiger partial charge in [0.05, 0.1) is 29.0 Å². The van der Waals surface area contributed by atoms with Gasteiger partial charge in [-0.3, -0.25) is 14.6 Å². The number of hydrazine groups is 1. The van der Waals surface area contributed by atoms with Gasteiger partial charge in [0.1, 0.15) is 35.0 Å². The summed E-state index contributed by atoms with van der Waals surface area (Å²) in [6, 6.07) is 4.88. The molecule has 16 heteroatoms. The Morgan fingerprint density at radius 2 is 1.75 bits per heavy atom. The minimum absolute atomic E-state index is 0.107. The molecule has 8 nitrogen and oxygen atoms in total. The Morgan fingerprint density at radius 1 is 1.02 bits per heavy atom. The number of benzene rings is 2. The molecule has 232 valence electrons. The van der Waals surface area contributed by atoms with Crippen LogP contribution in [0, 0.1) is 11.6 Å². The van der Waals surface area contributed by atoms with Crippen molar-refractivity contribution >= 4 is 17.5 Å². The summed E-state index contributed by atoms with van der Waals surface area (Å²) in [5.74, 6) is -4.89. The Morgan fingerprint density at radius 3 is 2.41 bits per heavy atom. The van der Waals surface area contributed by atoms with Gasteiger partial charge in [-0.25, -0.2) is 23.8 Å². The summed E-state index contributed by atoms with van der Waals surface area (Å²) in [4.78, 5) is 34.0. The highest BCUT2D eigenvalue weighted by atomic mass is 19.4. The van der Waals surface area contributed by atoms with Gasteiger partial charge in [0.25, 0.3) is 11.8 Å². The van der Waals surface area contributed by atoms with Gasteiger partial charge in [0.15, 0.2) is 0 Å². The maximum atomic E-state index is 14.5. The van der Waals surface area contributed by atoms with E-state index in [0.717, 1.165) is 23.2 Å². The molecule has 1 saturated heterocycles. The van der Waals surface area contributed by atoms with Gasteiger partial charge < -0.3 is 10.4 Å². The minimum atomic E-state index is -4.97. The number of amides is 2. The van der Waals surface area contributed by atoms with E-state index in [1.807, 2.05) is 0 Å². The van der Waals surface area contributed by atoms with Gasteiger partial charge in [-0.1, -0.05) is 6.07 Å². The number of hydrogen-bond acceptors (Lipinski definition) is 6. The summed E-state index contributed by atoms with van der Waals surface area (Å²) in [6.45, 7) is 1.28. The molecule has 3 aromatic rings. The van der Waals surface area contributed by atoms with Crippen LogP contribution >= 0.6 is 0 Å². The van der Waals surface area contributed by atoms with Crippen LogP contribution in [-0.2, 0) is 28.5 Å². The molecule has 1 aromatic heterocycles.